The highest BCUT2D eigenvalue weighted by molar-refractivity contribution is 7.90. The molecule has 2 N–H and O–H groups in total. The van der Waals surface area contributed by atoms with Crippen LogP contribution in [0.5, 0.6) is 0 Å². The summed E-state index contributed by atoms with van der Waals surface area (Å²) in [5, 5.41) is 15.6. The number of nitrogens with one attached hydrogen (secondary N) is 2. The summed E-state index contributed by atoms with van der Waals surface area (Å²) in [5.74, 6) is 0. The van der Waals surface area contributed by atoms with E-state index >= 15 is 0 Å². The zero-order valence-electron chi connectivity index (χ0n) is 14.7. The SMILES string of the molecule is CC[C@H](NC(=S)Nc1ccc(CC#N)cc1)c1ccc(S(C)(=O)=O)cc1. The molecule has 2 rings (SSSR count). The Bertz CT molecular complexity index is 899. The number of nitrogens with zero attached hydrogens (tertiary/aromatic N) is 1. The van der Waals surface area contributed by atoms with Crippen molar-refractivity contribution >= 4 is 32.9 Å². The molecule has 0 aliphatic rings. The van der Waals surface area contributed by atoms with Crippen LogP contribution in [-0.4, -0.2) is 19.8 Å². The molecular weight excluding hydrogens is 366 g/mol. The van der Waals surface area contributed by atoms with Crippen LogP contribution in [0.2, 0.25) is 0 Å². The van der Waals surface area contributed by atoms with Gasteiger partial charge in [0.05, 0.1) is 23.4 Å². The Morgan fingerprint density at radius 2 is 1.77 bits per heavy atom. The van der Waals surface area contributed by atoms with Gasteiger partial charge in [0.2, 0.25) is 0 Å². The Kier molecular flexibility index (Phi) is 6.72. The minimum Gasteiger partial charge on any atom is -0.356 e. The molecule has 0 saturated heterocycles. The van der Waals surface area contributed by atoms with Gasteiger partial charge in [-0.1, -0.05) is 31.2 Å². The Morgan fingerprint density at radius 1 is 1.15 bits per heavy atom. The van der Waals surface area contributed by atoms with E-state index in [4.69, 9.17) is 17.5 Å². The first-order valence-electron chi connectivity index (χ1n) is 8.17. The molecule has 5 nitrogen and oxygen atoms in total. The van der Waals surface area contributed by atoms with Crippen molar-refractivity contribution in [3.8, 4) is 6.07 Å². The lowest BCUT2D eigenvalue weighted by Crippen LogP contribution is -2.32. The molecule has 0 aliphatic carbocycles. The number of hydrogen-bond donors (Lipinski definition) is 2. The summed E-state index contributed by atoms with van der Waals surface area (Å²) in [6.07, 6.45) is 2.37. The van der Waals surface area contributed by atoms with Gasteiger partial charge in [0.15, 0.2) is 14.9 Å². The van der Waals surface area contributed by atoms with Crippen LogP contribution in [0, 0.1) is 11.3 Å². The quantitative estimate of drug-likeness (QED) is 0.737. The van der Waals surface area contributed by atoms with E-state index in [0.29, 0.717) is 16.4 Å². The topological polar surface area (TPSA) is 82.0 Å². The van der Waals surface area contributed by atoms with Crippen molar-refractivity contribution in [2.75, 3.05) is 11.6 Å². The molecule has 0 amide bonds. The fourth-order valence-electron chi connectivity index (χ4n) is 2.49. The van der Waals surface area contributed by atoms with Crippen LogP contribution >= 0.6 is 12.2 Å². The van der Waals surface area contributed by atoms with Crippen LogP contribution < -0.4 is 10.6 Å². The molecule has 0 aromatic heterocycles. The smallest absolute Gasteiger partial charge is 0.175 e. The molecule has 7 heteroatoms. The zero-order chi connectivity index (χ0) is 19.2. The Hall–Kier alpha value is -2.43. The van der Waals surface area contributed by atoms with Crippen molar-refractivity contribution in [2.24, 2.45) is 0 Å². The predicted molar refractivity (Wildman–Crippen MR) is 108 cm³/mol. The molecule has 136 valence electrons. The zero-order valence-corrected chi connectivity index (χ0v) is 16.3. The lowest BCUT2D eigenvalue weighted by molar-refractivity contribution is 0.601. The summed E-state index contributed by atoms with van der Waals surface area (Å²) in [5.41, 5.74) is 2.76. The van der Waals surface area contributed by atoms with E-state index in [1.807, 2.05) is 31.2 Å². The highest BCUT2D eigenvalue weighted by Gasteiger charge is 2.13. The van der Waals surface area contributed by atoms with Gasteiger partial charge in [0.1, 0.15) is 0 Å². The predicted octanol–water partition coefficient (Wildman–Crippen LogP) is 3.59. The van der Waals surface area contributed by atoms with Crippen molar-refractivity contribution in [3.05, 3.63) is 59.7 Å². The van der Waals surface area contributed by atoms with Crippen LogP contribution in [0.1, 0.15) is 30.5 Å². The van der Waals surface area contributed by atoms with Crippen molar-refractivity contribution in [3.63, 3.8) is 0 Å². The number of nitriles is 1. The molecule has 0 aliphatic heterocycles. The van der Waals surface area contributed by atoms with Crippen LogP contribution in [0.4, 0.5) is 5.69 Å². The van der Waals surface area contributed by atoms with Crippen LogP contribution in [0.3, 0.4) is 0 Å². The minimum atomic E-state index is -3.20. The molecule has 0 fully saturated rings. The van der Waals surface area contributed by atoms with E-state index in [-0.39, 0.29) is 6.04 Å². The van der Waals surface area contributed by atoms with Gasteiger partial charge in [-0.05, 0) is 54.0 Å². The average Bonchev–Trinajstić information content (AvgIpc) is 2.61. The van der Waals surface area contributed by atoms with E-state index < -0.39 is 9.84 Å². The molecule has 0 saturated carbocycles. The first-order valence-corrected chi connectivity index (χ1v) is 10.5. The van der Waals surface area contributed by atoms with Gasteiger partial charge in [-0.3, -0.25) is 0 Å². The summed E-state index contributed by atoms with van der Waals surface area (Å²) >= 11 is 5.38. The number of thiocarbonyl (C=S) groups is 1. The van der Waals surface area contributed by atoms with Crippen LogP contribution in [-0.2, 0) is 16.3 Å². The molecule has 0 bridgehead atoms. The first-order chi connectivity index (χ1) is 12.3. The maximum atomic E-state index is 11.6. The second kappa shape index (κ2) is 8.79. The molecule has 2 aromatic rings. The lowest BCUT2D eigenvalue weighted by atomic mass is 10.1. The van der Waals surface area contributed by atoms with Crippen molar-refractivity contribution < 1.29 is 8.42 Å². The summed E-state index contributed by atoms with van der Waals surface area (Å²) in [7, 11) is -3.20. The molecule has 0 radical (unpaired) electrons. The molecular formula is C19H21N3O2S2. The second-order valence-corrected chi connectivity index (χ2v) is 8.36. The number of rotatable bonds is 6. The monoisotopic (exact) mass is 387 g/mol. The van der Waals surface area contributed by atoms with E-state index in [1.165, 1.54) is 6.26 Å². The van der Waals surface area contributed by atoms with Crippen LogP contribution in [0.25, 0.3) is 0 Å². The van der Waals surface area contributed by atoms with E-state index in [1.54, 1.807) is 24.3 Å². The maximum Gasteiger partial charge on any atom is 0.175 e. The summed E-state index contributed by atoms with van der Waals surface area (Å²) in [4.78, 5) is 0.300. The van der Waals surface area contributed by atoms with Gasteiger partial charge in [-0.25, -0.2) is 8.42 Å². The number of benzene rings is 2. The third-order valence-electron chi connectivity index (χ3n) is 3.92. The highest BCUT2D eigenvalue weighted by Crippen LogP contribution is 2.19. The van der Waals surface area contributed by atoms with Crippen molar-refractivity contribution in [1.29, 1.82) is 5.26 Å². The van der Waals surface area contributed by atoms with Crippen molar-refractivity contribution in [1.82, 2.24) is 5.32 Å². The Labute approximate surface area is 160 Å². The summed E-state index contributed by atoms with van der Waals surface area (Å²) in [6, 6.07) is 16.4. The van der Waals surface area contributed by atoms with Gasteiger partial charge >= 0.3 is 0 Å². The molecule has 26 heavy (non-hydrogen) atoms. The number of sulfone groups is 1. The minimum absolute atomic E-state index is 0.0264. The fourth-order valence-corrected chi connectivity index (χ4v) is 3.38. The Balaban J connectivity index is 2.02. The average molecular weight is 388 g/mol. The number of hydrogen-bond acceptors (Lipinski definition) is 4. The third-order valence-corrected chi connectivity index (χ3v) is 5.27. The van der Waals surface area contributed by atoms with Gasteiger partial charge in [-0.15, -0.1) is 0 Å². The summed E-state index contributed by atoms with van der Waals surface area (Å²) < 4.78 is 23.1. The van der Waals surface area contributed by atoms with Gasteiger partial charge in [0, 0.05) is 11.9 Å². The molecule has 0 heterocycles. The lowest BCUT2D eigenvalue weighted by Gasteiger charge is -2.20. The maximum absolute atomic E-state index is 11.6. The molecule has 0 unspecified atom stereocenters. The second-order valence-electron chi connectivity index (χ2n) is 5.93. The van der Waals surface area contributed by atoms with Crippen molar-refractivity contribution in [2.45, 2.75) is 30.7 Å². The largest absolute Gasteiger partial charge is 0.356 e. The molecule has 1 atom stereocenters. The van der Waals surface area contributed by atoms with Gasteiger partial charge in [0.25, 0.3) is 0 Å². The molecule has 2 aromatic carbocycles. The normalized spacial score (nSPS) is 12.0. The van der Waals surface area contributed by atoms with Gasteiger partial charge < -0.3 is 10.6 Å². The standard InChI is InChI=1S/C19H21N3O2S2/c1-3-18(15-6-10-17(11-7-15)26(2,23)24)22-19(25)21-16-8-4-14(5-9-16)12-13-20/h4-11,18H,3,12H2,1-2H3,(H2,21,22,25)/t18-/m0/s1. The molecule has 0 spiro atoms. The van der Waals surface area contributed by atoms with E-state index in [2.05, 4.69) is 16.7 Å². The first kappa shape index (κ1) is 19.9. The van der Waals surface area contributed by atoms with Crippen LogP contribution in [0.15, 0.2) is 53.4 Å². The Morgan fingerprint density at radius 3 is 2.27 bits per heavy atom. The third kappa shape index (κ3) is 5.55. The van der Waals surface area contributed by atoms with E-state index in [9.17, 15) is 8.42 Å². The highest BCUT2D eigenvalue weighted by atomic mass is 32.2. The fraction of sp³-hybridized carbons (Fsp3) is 0.263. The van der Waals surface area contributed by atoms with E-state index in [0.717, 1.165) is 23.2 Å². The number of anilines is 1. The van der Waals surface area contributed by atoms with Gasteiger partial charge in [-0.2, -0.15) is 5.26 Å². The summed E-state index contributed by atoms with van der Waals surface area (Å²) in [6.45, 7) is 2.03.